The highest BCUT2D eigenvalue weighted by molar-refractivity contribution is 5.90. The number of carboxylic acids is 1. The first-order chi connectivity index (χ1) is 22.7. The molecular formula is C34H30O14. The predicted molar refractivity (Wildman–Crippen MR) is 166 cm³/mol. The summed E-state index contributed by atoms with van der Waals surface area (Å²) in [6.07, 6.45) is 0.119. The van der Waals surface area contributed by atoms with E-state index in [2.05, 4.69) is 0 Å². The van der Waals surface area contributed by atoms with Crippen LogP contribution in [0.1, 0.15) is 29.5 Å². The lowest BCUT2D eigenvalue weighted by Crippen LogP contribution is -2.64. The maximum atomic E-state index is 13.0. The highest BCUT2D eigenvalue weighted by Crippen LogP contribution is 2.36. The zero-order valence-corrected chi connectivity index (χ0v) is 24.9. The van der Waals surface area contributed by atoms with Crippen LogP contribution in [0.5, 0.6) is 28.7 Å². The van der Waals surface area contributed by atoms with E-state index in [0.29, 0.717) is 11.1 Å². The Morgan fingerprint density at radius 1 is 0.625 bits per heavy atom. The van der Waals surface area contributed by atoms with Gasteiger partial charge in [0.2, 0.25) is 5.60 Å². The molecule has 0 aromatic heterocycles. The van der Waals surface area contributed by atoms with Crippen LogP contribution in [-0.2, 0) is 33.4 Å². The van der Waals surface area contributed by atoms with Gasteiger partial charge >= 0.3 is 23.9 Å². The van der Waals surface area contributed by atoms with Crippen LogP contribution in [-0.4, -0.2) is 83.5 Å². The number of carboxylic acid groups (broad SMARTS) is 1. The number of carbonyl (C=O) groups excluding carboxylic acids is 3. The number of phenolic OH excluding ortho intramolecular Hbond substituents is 5. The van der Waals surface area contributed by atoms with E-state index < -0.39 is 71.5 Å². The predicted octanol–water partition coefficient (Wildman–Crippen LogP) is 3.00. The smallest absolute Gasteiger partial charge is 0.339 e. The molecule has 7 N–H and O–H groups in total. The maximum absolute atomic E-state index is 13.0. The minimum absolute atomic E-state index is 0.0215. The SMILES string of the molecule is O=C(C=Cc1ccc(O)c(O)c1)OC1CCC(O)(C(=O)O)C(OC(=O)C=Cc2ccc(O)c(O)c2)C1OC(=O)C=Cc1ccc(O)cc1. The molecule has 1 aliphatic rings. The van der Waals surface area contributed by atoms with Gasteiger partial charge in [-0.1, -0.05) is 24.3 Å². The van der Waals surface area contributed by atoms with E-state index >= 15 is 0 Å². The molecule has 1 fully saturated rings. The molecule has 0 amide bonds. The monoisotopic (exact) mass is 662 g/mol. The molecule has 0 saturated heterocycles. The van der Waals surface area contributed by atoms with E-state index in [0.717, 1.165) is 36.4 Å². The second-order valence-electron chi connectivity index (χ2n) is 10.6. The van der Waals surface area contributed by atoms with E-state index in [1.54, 1.807) is 0 Å². The van der Waals surface area contributed by atoms with Crippen LogP contribution in [0, 0.1) is 0 Å². The summed E-state index contributed by atoms with van der Waals surface area (Å²) >= 11 is 0. The van der Waals surface area contributed by atoms with Crippen molar-refractivity contribution in [2.24, 2.45) is 0 Å². The summed E-state index contributed by atoms with van der Waals surface area (Å²) in [4.78, 5) is 50.9. The molecule has 0 radical (unpaired) electrons. The quantitative estimate of drug-likeness (QED) is 0.0715. The number of aliphatic hydroxyl groups is 1. The number of hydrogen-bond donors (Lipinski definition) is 7. The number of rotatable bonds is 10. The zero-order chi connectivity index (χ0) is 35.0. The third kappa shape index (κ3) is 8.70. The molecule has 3 aromatic rings. The molecule has 250 valence electrons. The molecule has 4 unspecified atom stereocenters. The average molecular weight is 663 g/mol. The van der Waals surface area contributed by atoms with Gasteiger partial charge in [-0.15, -0.1) is 0 Å². The van der Waals surface area contributed by atoms with Gasteiger partial charge in [0.05, 0.1) is 0 Å². The second-order valence-corrected chi connectivity index (χ2v) is 10.6. The molecule has 0 aliphatic heterocycles. The first-order valence-electron chi connectivity index (χ1n) is 14.2. The van der Waals surface area contributed by atoms with Crippen LogP contribution in [0.2, 0.25) is 0 Å². The lowest BCUT2D eigenvalue weighted by Gasteiger charge is -2.43. The second kappa shape index (κ2) is 14.9. The number of aliphatic carboxylic acids is 1. The molecular weight excluding hydrogens is 632 g/mol. The average Bonchev–Trinajstić information content (AvgIpc) is 3.04. The Morgan fingerprint density at radius 2 is 1.08 bits per heavy atom. The van der Waals surface area contributed by atoms with Crippen molar-refractivity contribution in [2.45, 2.75) is 36.8 Å². The van der Waals surface area contributed by atoms with Crippen LogP contribution in [0.25, 0.3) is 18.2 Å². The third-order valence-electron chi connectivity index (χ3n) is 7.21. The fourth-order valence-corrected chi connectivity index (χ4v) is 4.69. The third-order valence-corrected chi connectivity index (χ3v) is 7.21. The molecule has 1 aliphatic carbocycles. The summed E-state index contributed by atoms with van der Waals surface area (Å²) in [6.45, 7) is 0. The minimum Gasteiger partial charge on any atom is -0.508 e. The fraction of sp³-hybridized carbons (Fsp3) is 0.176. The minimum atomic E-state index is -2.80. The number of benzene rings is 3. The van der Waals surface area contributed by atoms with Crippen LogP contribution < -0.4 is 0 Å². The van der Waals surface area contributed by atoms with Gasteiger partial charge in [0, 0.05) is 18.2 Å². The number of aromatic hydroxyl groups is 5. The molecule has 0 bridgehead atoms. The summed E-state index contributed by atoms with van der Waals surface area (Å²) in [5.74, 6) is -6.86. The van der Waals surface area contributed by atoms with Crippen molar-refractivity contribution in [2.75, 3.05) is 0 Å². The molecule has 1 saturated carbocycles. The Bertz CT molecular complexity index is 1770. The Labute approximate surface area is 272 Å². The van der Waals surface area contributed by atoms with Crippen molar-refractivity contribution < 1.29 is 69.1 Å². The number of phenols is 5. The van der Waals surface area contributed by atoms with Gasteiger partial charge < -0.3 is 50.0 Å². The summed E-state index contributed by atoms with van der Waals surface area (Å²) < 4.78 is 16.3. The van der Waals surface area contributed by atoms with Gasteiger partial charge in [-0.3, -0.25) is 0 Å². The molecule has 3 aromatic carbocycles. The topological polar surface area (TPSA) is 238 Å². The number of esters is 3. The first kappa shape index (κ1) is 34.6. The Hall–Kier alpha value is -6.28. The van der Waals surface area contributed by atoms with Crippen molar-refractivity contribution in [3.8, 4) is 28.7 Å². The summed E-state index contributed by atoms with van der Waals surface area (Å²) in [5.41, 5.74) is -1.79. The molecule has 48 heavy (non-hydrogen) atoms. The molecule has 14 nitrogen and oxygen atoms in total. The van der Waals surface area contributed by atoms with Crippen molar-refractivity contribution in [1.29, 1.82) is 0 Å². The summed E-state index contributed by atoms with van der Waals surface area (Å²) in [7, 11) is 0. The standard InChI is InChI=1S/C34H30O14/c35-22-8-1-19(2-9-22)5-12-29(41)47-31-27(46-28(40)13-6-20-3-10-23(36)25(38)17-20)15-16-34(45,33(43)44)32(31)48-30(42)14-7-21-4-11-24(37)26(39)18-21/h1-14,17-18,27,31-32,35-39,45H,15-16H2,(H,43,44). The van der Waals surface area contributed by atoms with Gasteiger partial charge in [-0.2, -0.15) is 0 Å². The Kier molecular flexibility index (Phi) is 10.7. The molecule has 4 atom stereocenters. The van der Waals surface area contributed by atoms with E-state index in [1.807, 2.05) is 0 Å². The largest absolute Gasteiger partial charge is 0.508 e. The van der Waals surface area contributed by atoms with E-state index in [9.17, 15) is 54.9 Å². The maximum Gasteiger partial charge on any atom is 0.339 e. The van der Waals surface area contributed by atoms with E-state index in [4.69, 9.17) is 14.2 Å². The van der Waals surface area contributed by atoms with Gasteiger partial charge in [-0.25, -0.2) is 19.2 Å². The molecule has 0 spiro atoms. The molecule has 0 heterocycles. The van der Waals surface area contributed by atoms with Crippen LogP contribution in [0.15, 0.2) is 78.9 Å². The van der Waals surface area contributed by atoms with Crippen molar-refractivity contribution in [1.82, 2.24) is 0 Å². The summed E-state index contributed by atoms with van der Waals surface area (Å²) in [5, 5.41) is 69.0. The highest BCUT2D eigenvalue weighted by Gasteiger charge is 2.58. The van der Waals surface area contributed by atoms with Gasteiger partial charge in [0.1, 0.15) is 11.9 Å². The Morgan fingerprint density at radius 3 is 1.58 bits per heavy atom. The van der Waals surface area contributed by atoms with Crippen LogP contribution in [0.4, 0.5) is 0 Å². The summed E-state index contributed by atoms with van der Waals surface area (Å²) in [6, 6.07) is 13.1. The van der Waals surface area contributed by atoms with Gasteiger partial charge in [-0.05, 0) is 84.2 Å². The first-order valence-corrected chi connectivity index (χ1v) is 14.2. The zero-order valence-electron chi connectivity index (χ0n) is 24.9. The number of carbonyl (C=O) groups is 4. The lowest BCUT2D eigenvalue weighted by atomic mass is 9.78. The number of hydrogen-bond acceptors (Lipinski definition) is 13. The van der Waals surface area contributed by atoms with Crippen molar-refractivity contribution in [3.63, 3.8) is 0 Å². The normalized spacial score (nSPS) is 20.9. The lowest BCUT2D eigenvalue weighted by molar-refractivity contribution is -0.226. The fourth-order valence-electron chi connectivity index (χ4n) is 4.69. The Balaban J connectivity index is 1.62. The van der Waals surface area contributed by atoms with Gasteiger partial charge in [0.15, 0.2) is 35.2 Å². The number of ether oxygens (including phenoxy) is 3. The van der Waals surface area contributed by atoms with Gasteiger partial charge in [0.25, 0.3) is 0 Å². The van der Waals surface area contributed by atoms with Crippen molar-refractivity contribution in [3.05, 3.63) is 95.6 Å². The van der Waals surface area contributed by atoms with E-state index in [-0.39, 0.29) is 23.5 Å². The van der Waals surface area contributed by atoms with Crippen LogP contribution >= 0.6 is 0 Å². The van der Waals surface area contributed by atoms with Crippen LogP contribution in [0.3, 0.4) is 0 Å². The van der Waals surface area contributed by atoms with E-state index in [1.165, 1.54) is 60.7 Å². The van der Waals surface area contributed by atoms with Crippen molar-refractivity contribution >= 4 is 42.1 Å². The molecule has 4 rings (SSSR count). The highest BCUT2D eigenvalue weighted by atomic mass is 16.6. The molecule has 14 heteroatoms.